The highest BCUT2D eigenvalue weighted by molar-refractivity contribution is 7.17. The number of rotatable bonds is 3. The van der Waals surface area contributed by atoms with Crippen LogP contribution in [0.2, 0.25) is 0 Å². The standard InChI is InChI=1S/C19H21NOS.ClH/c21-18(13-20-9-4-1-5-10-20)17-12-14-6-2-3-7-15(14)16-8-11-22-19(16)17;/h2-3,6-8,11-12,18,21H,1,4-5,9-10,13H2;1H. The van der Waals surface area contributed by atoms with Gasteiger partial charge >= 0.3 is 0 Å². The van der Waals surface area contributed by atoms with Gasteiger partial charge < -0.3 is 10.0 Å². The van der Waals surface area contributed by atoms with E-state index < -0.39 is 6.10 Å². The molecule has 1 atom stereocenters. The molecule has 122 valence electrons. The number of aliphatic hydroxyl groups excluding tert-OH is 1. The number of aliphatic hydroxyl groups is 1. The van der Waals surface area contributed by atoms with Crippen molar-refractivity contribution < 1.29 is 5.11 Å². The van der Waals surface area contributed by atoms with Crippen molar-refractivity contribution in [1.82, 2.24) is 4.90 Å². The van der Waals surface area contributed by atoms with Gasteiger partial charge in [-0.3, -0.25) is 0 Å². The van der Waals surface area contributed by atoms with Crippen molar-refractivity contribution in [3.05, 3.63) is 47.3 Å². The van der Waals surface area contributed by atoms with Crippen molar-refractivity contribution in [2.45, 2.75) is 25.4 Å². The van der Waals surface area contributed by atoms with Crippen LogP contribution < -0.4 is 0 Å². The number of thiophene rings is 1. The van der Waals surface area contributed by atoms with Gasteiger partial charge in [-0.25, -0.2) is 0 Å². The van der Waals surface area contributed by atoms with Crippen LogP contribution in [0.15, 0.2) is 41.8 Å². The molecule has 1 unspecified atom stereocenters. The van der Waals surface area contributed by atoms with E-state index in [9.17, 15) is 5.11 Å². The van der Waals surface area contributed by atoms with Crippen LogP contribution >= 0.6 is 23.7 Å². The van der Waals surface area contributed by atoms with Gasteiger partial charge in [0.05, 0.1) is 6.10 Å². The lowest BCUT2D eigenvalue weighted by atomic mass is 9.99. The Bertz CT molecular complexity index is 794. The Morgan fingerprint density at radius 3 is 2.65 bits per heavy atom. The van der Waals surface area contributed by atoms with Crippen LogP contribution in [0.3, 0.4) is 0 Å². The topological polar surface area (TPSA) is 23.5 Å². The Morgan fingerprint density at radius 1 is 1.04 bits per heavy atom. The third-order valence-corrected chi connectivity index (χ3v) is 5.69. The maximum Gasteiger partial charge on any atom is 0.0930 e. The first-order chi connectivity index (χ1) is 10.8. The maximum atomic E-state index is 10.8. The van der Waals surface area contributed by atoms with E-state index in [4.69, 9.17) is 0 Å². The van der Waals surface area contributed by atoms with Gasteiger partial charge in [0.1, 0.15) is 0 Å². The molecule has 1 fully saturated rings. The van der Waals surface area contributed by atoms with Gasteiger partial charge in [-0.1, -0.05) is 30.7 Å². The molecule has 1 aromatic heterocycles. The minimum Gasteiger partial charge on any atom is -0.387 e. The molecule has 0 bridgehead atoms. The molecular formula is C19H22ClNOS. The maximum absolute atomic E-state index is 10.8. The molecule has 1 aliphatic heterocycles. The number of piperidine rings is 1. The molecule has 1 N–H and O–H groups in total. The number of hydrogen-bond acceptors (Lipinski definition) is 3. The van der Waals surface area contributed by atoms with Gasteiger partial charge in [0, 0.05) is 22.2 Å². The molecule has 2 aromatic carbocycles. The van der Waals surface area contributed by atoms with Crippen molar-refractivity contribution in [2.24, 2.45) is 0 Å². The smallest absolute Gasteiger partial charge is 0.0930 e. The molecule has 2 heterocycles. The second-order valence-corrected chi connectivity index (χ2v) is 7.14. The summed E-state index contributed by atoms with van der Waals surface area (Å²) in [7, 11) is 0. The van der Waals surface area contributed by atoms with E-state index in [1.807, 2.05) is 0 Å². The summed E-state index contributed by atoms with van der Waals surface area (Å²) < 4.78 is 1.24. The fourth-order valence-electron chi connectivity index (χ4n) is 3.58. The molecule has 3 aromatic rings. The number of halogens is 1. The second-order valence-electron chi connectivity index (χ2n) is 6.23. The minimum absolute atomic E-state index is 0. The summed E-state index contributed by atoms with van der Waals surface area (Å²) in [5.41, 5.74) is 1.09. The summed E-state index contributed by atoms with van der Waals surface area (Å²) in [6.45, 7) is 3.00. The lowest BCUT2D eigenvalue weighted by molar-refractivity contribution is 0.103. The van der Waals surface area contributed by atoms with Crippen LogP contribution in [-0.2, 0) is 0 Å². The first kappa shape index (κ1) is 16.7. The van der Waals surface area contributed by atoms with Crippen molar-refractivity contribution >= 4 is 44.6 Å². The third-order valence-electron chi connectivity index (χ3n) is 4.73. The molecule has 4 rings (SSSR count). The first-order valence-corrected chi connectivity index (χ1v) is 9.00. The van der Waals surface area contributed by atoms with Crippen LogP contribution in [0.25, 0.3) is 20.9 Å². The van der Waals surface area contributed by atoms with Crippen LogP contribution in [0, 0.1) is 0 Å². The van der Waals surface area contributed by atoms with Crippen molar-refractivity contribution in [3.8, 4) is 0 Å². The quantitative estimate of drug-likeness (QED) is 0.721. The molecule has 4 heteroatoms. The fraction of sp³-hybridized carbons (Fsp3) is 0.368. The summed E-state index contributed by atoms with van der Waals surface area (Å²) in [5.74, 6) is 0. The summed E-state index contributed by atoms with van der Waals surface area (Å²) in [6.07, 6.45) is 3.46. The average molecular weight is 348 g/mol. The third kappa shape index (κ3) is 3.24. The number of hydrogen-bond donors (Lipinski definition) is 1. The van der Waals surface area contributed by atoms with E-state index in [1.54, 1.807) is 11.3 Å². The number of fused-ring (bicyclic) bond motifs is 3. The van der Waals surface area contributed by atoms with Gasteiger partial charge in [0.15, 0.2) is 0 Å². The summed E-state index contributed by atoms with van der Waals surface area (Å²) >= 11 is 1.74. The first-order valence-electron chi connectivity index (χ1n) is 8.12. The summed E-state index contributed by atoms with van der Waals surface area (Å²) in [5, 5.41) is 16.7. The van der Waals surface area contributed by atoms with Gasteiger partial charge in [-0.2, -0.15) is 0 Å². The van der Waals surface area contributed by atoms with Crippen LogP contribution in [0.4, 0.5) is 0 Å². The number of β-amino-alcohol motifs (C(OH)–C–C–N with tert-alkyl or cyclic N) is 1. The van der Waals surface area contributed by atoms with Gasteiger partial charge in [0.2, 0.25) is 0 Å². The van der Waals surface area contributed by atoms with E-state index in [-0.39, 0.29) is 12.4 Å². The molecule has 0 aliphatic carbocycles. The van der Waals surface area contributed by atoms with Gasteiger partial charge in [-0.15, -0.1) is 23.7 Å². The molecule has 0 radical (unpaired) electrons. The van der Waals surface area contributed by atoms with E-state index >= 15 is 0 Å². The molecular weight excluding hydrogens is 326 g/mol. The molecule has 1 aliphatic rings. The van der Waals surface area contributed by atoms with E-state index in [2.05, 4.69) is 46.7 Å². The summed E-state index contributed by atoms with van der Waals surface area (Å²) in [6, 6.07) is 12.8. The summed E-state index contributed by atoms with van der Waals surface area (Å²) in [4.78, 5) is 2.41. The Balaban J connectivity index is 0.00000156. The zero-order chi connectivity index (χ0) is 14.9. The van der Waals surface area contributed by atoms with Crippen molar-refractivity contribution in [1.29, 1.82) is 0 Å². The van der Waals surface area contributed by atoms with Crippen molar-refractivity contribution in [3.63, 3.8) is 0 Å². The number of likely N-dealkylation sites (tertiary alicyclic amines) is 1. The zero-order valence-electron chi connectivity index (χ0n) is 13.1. The lowest BCUT2D eigenvalue weighted by Crippen LogP contribution is -2.33. The number of benzene rings is 2. The molecule has 2 nitrogen and oxygen atoms in total. The van der Waals surface area contributed by atoms with Gasteiger partial charge in [0.25, 0.3) is 0 Å². The molecule has 0 saturated carbocycles. The Labute approximate surface area is 147 Å². The van der Waals surface area contributed by atoms with Crippen LogP contribution in [-0.4, -0.2) is 29.6 Å². The minimum atomic E-state index is -0.399. The average Bonchev–Trinajstić information content (AvgIpc) is 3.05. The molecule has 0 amide bonds. The van der Waals surface area contributed by atoms with E-state index in [0.29, 0.717) is 0 Å². The van der Waals surface area contributed by atoms with Crippen LogP contribution in [0.1, 0.15) is 30.9 Å². The predicted octanol–water partition coefficient (Wildman–Crippen LogP) is 5.00. The molecule has 1 saturated heterocycles. The SMILES string of the molecule is Cl.OC(CN1CCCCC1)c1cc2ccccc2c2ccsc12. The second kappa shape index (κ2) is 7.18. The molecule has 23 heavy (non-hydrogen) atoms. The number of nitrogens with zero attached hydrogens (tertiary/aromatic N) is 1. The monoisotopic (exact) mass is 347 g/mol. The lowest BCUT2D eigenvalue weighted by Gasteiger charge is -2.28. The highest BCUT2D eigenvalue weighted by Gasteiger charge is 2.19. The molecule has 0 spiro atoms. The Hall–Kier alpha value is -1.13. The zero-order valence-corrected chi connectivity index (χ0v) is 14.7. The fourth-order valence-corrected chi connectivity index (χ4v) is 4.55. The van der Waals surface area contributed by atoms with E-state index in [0.717, 1.165) is 25.2 Å². The van der Waals surface area contributed by atoms with Crippen molar-refractivity contribution in [2.75, 3.05) is 19.6 Å². The van der Waals surface area contributed by atoms with E-state index in [1.165, 1.54) is 40.1 Å². The Morgan fingerprint density at radius 2 is 1.83 bits per heavy atom. The predicted molar refractivity (Wildman–Crippen MR) is 102 cm³/mol. The Kier molecular flexibility index (Phi) is 5.22. The normalized spacial score (nSPS) is 17.3. The highest BCUT2D eigenvalue weighted by Crippen LogP contribution is 2.35. The largest absolute Gasteiger partial charge is 0.387 e. The van der Waals surface area contributed by atoms with Crippen LogP contribution in [0.5, 0.6) is 0 Å². The highest BCUT2D eigenvalue weighted by atomic mass is 35.5. The van der Waals surface area contributed by atoms with Gasteiger partial charge in [-0.05, 0) is 54.2 Å².